The first-order valence-electron chi connectivity index (χ1n) is 10.8. The maximum Gasteiger partial charge on any atom is 0.413 e. The zero-order valence-corrected chi connectivity index (χ0v) is 18.8. The summed E-state index contributed by atoms with van der Waals surface area (Å²) in [6.07, 6.45) is 2.35. The van der Waals surface area contributed by atoms with Gasteiger partial charge in [-0.25, -0.2) is 9.78 Å². The van der Waals surface area contributed by atoms with Crippen LogP contribution < -0.4 is 9.64 Å². The molecule has 1 aliphatic rings. The third-order valence-electron chi connectivity index (χ3n) is 5.49. The minimum atomic E-state index is -0.960. The number of pyridine rings is 1. The Labute approximate surface area is 190 Å². The van der Waals surface area contributed by atoms with Crippen LogP contribution in [0.1, 0.15) is 36.6 Å². The van der Waals surface area contributed by atoms with Gasteiger partial charge in [0.05, 0.1) is 13.2 Å². The number of nitrogens with zero attached hydrogens (tertiary/aromatic N) is 2. The molecule has 1 aliphatic heterocycles. The number of esters is 1. The molecule has 3 heterocycles. The SMILES string of the molecule is CCOC(=O)CCc1csc2cc(OCCc3ccc4c(n3)N(C(=O)O)CCC4)ccc12. The van der Waals surface area contributed by atoms with Crippen molar-refractivity contribution in [3.63, 3.8) is 0 Å². The maximum absolute atomic E-state index is 11.6. The normalized spacial score (nSPS) is 13.1. The monoisotopic (exact) mass is 454 g/mol. The van der Waals surface area contributed by atoms with Crippen molar-refractivity contribution in [1.82, 2.24) is 4.98 Å². The number of ether oxygens (including phenoxy) is 2. The summed E-state index contributed by atoms with van der Waals surface area (Å²) < 4.78 is 12.1. The fraction of sp³-hybridized carbons (Fsp3) is 0.375. The van der Waals surface area contributed by atoms with Gasteiger partial charge in [-0.3, -0.25) is 9.69 Å². The number of hydrogen-bond donors (Lipinski definition) is 1. The van der Waals surface area contributed by atoms with Crippen LogP contribution in [0.5, 0.6) is 5.75 Å². The molecule has 0 aliphatic carbocycles. The molecule has 168 valence electrons. The van der Waals surface area contributed by atoms with Crippen LogP contribution in [0.4, 0.5) is 10.6 Å². The second-order valence-corrected chi connectivity index (χ2v) is 8.56. The van der Waals surface area contributed by atoms with Gasteiger partial charge in [0.25, 0.3) is 0 Å². The first-order valence-corrected chi connectivity index (χ1v) is 11.7. The molecule has 0 saturated carbocycles. The van der Waals surface area contributed by atoms with Crippen LogP contribution in [-0.2, 0) is 28.8 Å². The summed E-state index contributed by atoms with van der Waals surface area (Å²) in [5.74, 6) is 1.16. The molecule has 2 aromatic heterocycles. The topological polar surface area (TPSA) is 89.0 Å². The van der Waals surface area contributed by atoms with E-state index in [4.69, 9.17) is 9.47 Å². The predicted molar refractivity (Wildman–Crippen MR) is 124 cm³/mol. The van der Waals surface area contributed by atoms with Crippen molar-refractivity contribution in [2.75, 3.05) is 24.7 Å². The van der Waals surface area contributed by atoms with Crippen LogP contribution in [-0.4, -0.2) is 41.9 Å². The lowest BCUT2D eigenvalue weighted by atomic mass is 10.1. The quantitative estimate of drug-likeness (QED) is 0.490. The lowest BCUT2D eigenvalue weighted by Gasteiger charge is -2.26. The number of amides is 1. The van der Waals surface area contributed by atoms with Gasteiger partial charge in [-0.05, 0) is 72.3 Å². The average molecular weight is 455 g/mol. The summed E-state index contributed by atoms with van der Waals surface area (Å²) in [7, 11) is 0. The summed E-state index contributed by atoms with van der Waals surface area (Å²) in [5, 5.41) is 12.6. The number of aryl methyl sites for hydroxylation is 2. The van der Waals surface area contributed by atoms with Gasteiger partial charge < -0.3 is 14.6 Å². The van der Waals surface area contributed by atoms with E-state index in [1.165, 1.54) is 4.90 Å². The molecule has 0 saturated heterocycles. The predicted octanol–water partition coefficient (Wildman–Crippen LogP) is 4.84. The van der Waals surface area contributed by atoms with Gasteiger partial charge in [0, 0.05) is 29.8 Å². The molecular weight excluding hydrogens is 428 g/mol. The van der Waals surface area contributed by atoms with Crippen molar-refractivity contribution >= 4 is 39.3 Å². The lowest BCUT2D eigenvalue weighted by Crippen LogP contribution is -2.35. The number of carbonyl (C=O) groups excluding carboxylic acids is 1. The fourth-order valence-electron chi connectivity index (χ4n) is 3.89. The van der Waals surface area contributed by atoms with Crippen LogP contribution >= 0.6 is 11.3 Å². The third kappa shape index (κ3) is 5.02. The molecule has 8 heteroatoms. The summed E-state index contributed by atoms with van der Waals surface area (Å²) in [6, 6.07) is 9.91. The van der Waals surface area contributed by atoms with Crippen molar-refractivity contribution in [1.29, 1.82) is 0 Å². The van der Waals surface area contributed by atoms with E-state index in [1.807, 2.05) is 37.3 Å². The Kier molecular flexibility index (Phi) is 6.90. The number of aromatic nitrogens is 1. The average Bonchev–Trinajstić information content (AvgIpc) is 3.19. The number of fused-ring (bicyclic) bond motifs is 2. The Balaban J connectivity index is 1.36. The number of rotatable bonds is 8. The minimum absolute atomic E-state index is 0.172. The van der Waals surface area contributed by atoms with Gasteiger partial charge in [-0.1, -0.05) is 6.07 Å². The molecule has 0 spiro atoms. The van der Waals surface area contributed by atoms with Crippen molar-refractivity contribution in [2.24, 2.45) is 0 Å². The summed E-state index contributed by atoms with van der Waals surface area (Å²) >= 11 is 1.64. The largest absolute Gasteiger partial charge is 0.493 e. The van der Waals surface area contributed by atoms with Crippen LogP contribution in [0.2, 0.25) is 0 Å². The maximum atomic E-state index is 11.6. The molecule has 0 atom stereocenters. The van der Waals surface area contributed by atoms with Gasteiger partial charge in [0.1, 0.15) is 11.6 Å². The highest BCUT2D eigenvalue weighted by molar-refractivity contribution is 7.17. The van der Waals surface area contributed by atoms with Crippen LogP contribution in [0.25, 0.3) is 10.1 Å². The minimum Gasteiger partial charge on any atom is -0.493 e. The van der Waals surface area contributed by atoms with Gasteiger partial charge in [0.15, 0.2) is 0 Å². The van der Waals surface area contributed by atoms with Crippen molar-refractivity contribution in [2.45, 2.75) is 39.0 Å². The highest BCUT2D eigenvalue weighted by Gasteiger charge is 2.23. The van der Waals surface area contributed by atoms with Gasteiger partial charge in [-0.2, -0.15) is 0 Å². The molecule has 1 N–H and O–H groups in total. The fourth-order valence-corrected chi connectivity index (χ4v) is 4.92. The second-order valence-electron chi connectivity index (χ2n) is 7.65. The standard InChI is InChI=1S/C24H26N2O5S/c1-2-30-22(27)10-6-17-15-32-21-14-19(8-9-20(17)21)31-13-11-18-7-5-16-4-3-12-26(24(28)29)23(16)25-18/h5,7-9,14-15H,2-4,6,10-13H2,1H3,(H,28,29). The number of thiophene rings is 1. The number of hydrogen-bond acceptors (Lipinski definition) is 6. The molecule has 4 rings (SSSR count). The van der Waals surface area contributed by atoms with Crippen LogP contribution in [0, 0.1) is 0 Å². The van der Waals surface area contributed by atoms with E-state index >= 15 is 0 Å². The highest BCUT2D eigenvalue weighted by Crippen LogP contribution is 2.31. The van der Waals surface area contributed by atoms with E-state index < -0.39 is 6.09 Å². The van der Waals surface area contributed by atoms with E-state index in [0.717, 1.165) is 45.5 Å². The molecule has 0 unspecified atom stereocenters. The zero-order valence-electron chi connectivity index (χ0n) is 18.0. The van der Waals surface area contributed by atoms with E-state index in [9.17, 15) is 14.7 Å². The van der Waals surface area contributed by atoms with Gasteiger partial charge in [0.2, 0.25) is 0 Å². The molecule has 1 aromatic carbocycles. The number of anilines is 1. The van der Waals surface area contributed by atoms with E-state index in [1.54, 1.807) is 11.3 Å². The van der Waals surface area contributed by atoms with E-state index in [-0.39, 0.29) is 5.97 Å². The van der Waals surface area contributed by atoms with Crippen LogP contribution in [0.3, 0.4) is 0 Å². The van der Waals surface area contributed by atoms with E-state index in [0.29, 0.717) is 44.8 Å². The Bertz CT molecular complexity index is 1130. The Hall–Kier alpha value is -3.13. The molecule has 32 heavy (non-hydrogen) atoms. The van der Waals surface area contributed by atoms with Crippen LogP contribution in [0.15, 0.2) is 35.7 Å². The molecule has 0 radical (unpaired) electrons. The third-order valence-corrected chi connectivity index (χ3v) is 6.48. The highest BCUT2D eigenvalue weighted by atomic mass is 32.1. The molecule has 3 aromatic rings. The van der Waals surface area contributed by atoms with Gasteiger partial charge in [-0.15, -0.1) is 11.3 Å². The summed E-state index contributed by atoms with van der Waals surface area (Å²) in [6.45, 7) is 3.15. The molecule has 0 fully saturated rings. The Morgan fingerprint density at radius 1 is 1.22 bits per heavy atom. The second kappa shape index (κ2) is 9.99. The van der Waals surface area contributed by atoms with Crippen molar-refractivity contribution in [3.8, 4) is 5.75 Å². The number of benzene rings is 1. The summed E-state index contributed by atoms with van der Waals surface area (Å²) in [4.78, 5) is 29.0. The molecule has 0 bridgehead atoms. The van der Waals surface area contributed by atoms with Gasteiger partial charge >= 0.3 is 12.1 Å². The first kappa shape index (κ1) is 22.1. The van der Waals surface area contributed by atoms with E-state index in [2.05, 4.69) is 10.4 Å². The lowest BCUT2D eigenvalue weighted by molar-refractivity contribution is -0.143. The first-order chi connectivity index (χ1) is 15.5. The number of carbonyl (C=O) groups is 2. The van der Waals surface area contributed by atoms with Crippen molar-refractivity contribution in [3.05, 3.63) is 52.5 Å². The smallest absolute Gasteiger partial charge is 0.413 e. The molecular formula is C24H26N2O5S. The Morgan fingerprint density at radius 3 is 2.91 bits per heavy atom. The molecule has 7 nitrogen and oxygen atoms in total. The zero-order chi connectivity index (χ0) is 22.5. The number of carboxylic acid groups (broad SMARTS) is 1. The Morgan fingerprint density at radius 2 is 2.09 bits per heavy atom. The molecule has 1 amide bonds. The van der Waals surface area contributed by atoms with Crippen molar-refractivity contribution < 1.29 is 24.2 Å². The summed E-state index contributed by atoms with van der Waals surface area (Å²) in [5.41, 5.74) is 2.94.